The normalized spacial score (nSPS) is 18.4. The molecule has 0 unspecified atom stereocenters. The number of carbonyl (C=O) groups excluding carboxylic acids is 1. The average molecular weight is 281 g/mol. The molecule has 1 aromatic rings. The van der Waals surface area contributed by atoms with Gasteiger partial charge in [-0.25, -0.2) is 0 Å². The molecule has 2 rings (SSSR count). The molecule has 96 valence electrons. The van der Waals surface area contributed by atoms with Crippen LogP contribution in [0, 0.1) is 0 Å². The fraction of sp³-hybridized carbons (Fsp3) is 0.417. The largest absolute Gasteiger partial charge is 0.290 e. The van der Waals surface area contributed by atoms with Gasteiger partial charge in [0.25, 0.3) is 5.91 Å². The van der Waals surface area contributed by atoms with Crippen molar-refractivity contribution in [3.05, 3.63) is 22.9 Å². The molecule has 2 heterocycles. The molecule has 18 heavy (non-hydrogen) atoms. The van der Waals surface area contributed by atoms with Crippen molar-refractivity contribution in [3.8, 4) is 0 Å². The SMILES string of the molecule is CCn1cc(C=C2SC(=S)N(C(C)C)C2=O)cn1. The molecule has 0 aliphatic carbocycles. The van der Waals surface area contributed by atoms with E-state index in [1.807, 2.05) is 37.7 Å². The van der Waals surface area contributed by atoms with Crippen molar-refractivity contribution in [2.75, 3.05) is 0 Å². The van der Waals surface area contributed by atoms with E-state index in [0.29, 0.717) is 9.23 Å². The molecule has 0 bridgehead atoms. The lowest BCUT2D eigenvalue weighted by Crippen LogP contribution is -2.34. The second-order valence-electron chi connectivity index (χ2n) is 4.27. The molecule has 6 heteroatoms. The van der Waals surface area contributed by atoms with E-state index in [1.54, 1.807) is 11.1 Å². The van der Waals surface area contributed by atoms with Gasteiger partial charge in [-0.15, -0.1) is 0 Å². The highest BCUT2D eigenvalue weighted by Crippen LogP contribution is 2.33. The number of carbonyl (C=O) groups is 1. The Bertz CT molecular complexity index is 519. The molecule has 1 fully saturated rings. The van der Waals surface area contributed by atoms with Crippen molar-refractivity contribution in [1.29, 1.82) is 0 Å². The monoisotopic (exact) mass is 281 g/mol. The summed E-state index contributed by atoms with van der Waals surface area (Å²) in [6, 6.07) is 0.0989. The first-order valence-electron chi connectivity index (χ1n) is 5.82. The van der Waals surface area contributed by atoms with Gasteiger partial charge in [-0.2, -0.15) is 5.10 Å². The van der Waals surface area contributed by atoms with Crippen molar-refractivity contribution in [2.24, 2.45) is 0 Å². The number of nitrogens with zero attached hydrogens (tertiary/aromatic N) is 3. The summed E-state index contributed by atoms with van der Waals surface area (Å²) in [7, 11) is 0. The lowest BCUT2D eigenvalue weighted by molar-refractivity contribution is -0.123. The molecule has 1 aromatic heterocycles. The van der Waals surface area contributed by atoms with Crippen molar-refractivity contribution in [3.63, 3.8) is 0 Å². The summed E-state index contributed by atoms with van der Waals surface area (Å²) >= 11 is 6.58. The Hall–Kier alpha value is -1.14. The van der Waals surface area contributed by atoms with Gasteiger partial charge in [0.1, 0.15) is 4.32 Å². The minimum absolute atomic E-state index is 0.00996. The zero-order valence-electron chi connectivity index (χ0n) is 10.6. The molecule has 0 N–H and O–H groups in total. The third-order valence-corrected chi connectivity index (χ3v) is 3.95. The van der Waals surface area contributed by atoms with Gasteiger partial charge in [-0.3, -0.25) is 14.4 Å². The Labute approximate surface area is 116 Å². The van der Waals surface area contributed by atoms with Crippen molar-refractivity contribution >= 4 is 40.3 Å². The molecular weight excluding hydrogens is 266 g/mol. The van der Waals surface area contributed by atoms with Crippen LogP contribution in [0.5, 0.6) is 0 Å². The number of rotatable bonds is 3. The molecule has 0 atom stereocenters. The summed E-state index contributed by atoms with van der Waals surface area (Å²) in [6.45, 7) is 6.77. The molecule has 0 aromatic carbocycles. The fourth-order valence-electron chi connectivity index (χ4n) is 1.70. The molecule has 4 nitrogen and oxygen atoms in total. The summed E-state index contributed by atoms with van der Waals surface area (Å²) in [5.74, 6) is -0.00996. The van der Waals surface area contributed by atoms with Crippen molar-refractivity contribution in [1.82, 2.24) is 14.7 Å². The Balaban J connectivity index is 2.24. The minimum Gasteiger partial charge on any atom is -0.290 e. The highest BCUT2D eigenvalue weighted by Gasteiger charge is 2.33. The first-order chi connectivity index (χ1) is 8.52. The quantitative estimate of drug-likeness (QED) is 0.630. The molecular formula is C12H15N3OS2. The van der Waals surface area contributed by atoms with Crippen LogP contribution in [0.15, 0.2) is 17.3 Å². The van der Waals surface area contributed by atoms with Gasteiger partial charge in [0.15, 0.2) is 0 Å². The zero-order valence-corrected chi connectivity index (χ0v) is 12.2. The van der Waals surface area contributed by atoms with Crippen LogP contribution in [0.3, 0.4) is 0 Å². The molecule has 0 spiro atoms. The van der Waals surface area contributed by atoms with Gasteiger partial charge in [-0.1, -0.05) is 24.0 Å². The molecule has 1 amide bonds. The van der Waals surface area contributed by atoms with Crippen molar-refractivity contribution in [2.45, 2.75) is 33.4 Å². The first-order valence-corrected chi connectivity index (χ1v) is 7.05. The lowest BCUT2D eigenvalue weighted by Gasteiger charge is -2.18. The summed E-state index contributed by atoms with van der Waals surface area (Å²) in [5, 5.41) is 4.18. The second kappa shape index (κ2) is 5.24. The number of thioether (sulfide) groups is 1. The number of thiocarbonyl (C=S) groups is 1. The van der Waals surface area contributed by atoms with Crippen LogP contribution in [0.2, 0.25) is 0 Å². The van der Waals surface area contributed by atoms with E-state index in [0.717, 1.165) is 12.1 Å². The number of aromatic nitrogens is 2. The predicted molar refractivity (Wildman–Crippen MR) is 78.0 cm³/mol. The van der Waals surface area contributed by atoms with Crippen LogP contribution in [0.4, 0.5) is 0 Å². The van der Waals surface area contributed by atoms with Crippen LogP contribution in [-0.4, -0.2) is 30.9 Å². The maximum atomic E-state index is 12.2. The molecule has 1 saturated heterocycles. The third kappa shape index (κ3) is 2.49. The highest BCUT2D eigenvalue weighted by molar-refractivity contribution is 8.26. The number of hydrogen-bond acceptors (Lipinski definition) is 4. The summed E-state index contributed by atoms with van der Waals surface area (Å²) in [4.78, 5) is 14.5. The molecule has 0 radical (unpaired) electrons. The topological polar surface area (TPSA) is 38.1 Å². The number of aryl methyl sites for hydroxylation is 1. The van der Waals surface area contributed by atoms with E-state index in [1.165, 1.54) is 11.8 Å². The van der Waals surface area contributed by atoms with Crippen LogP contribution in [-0.2, 0) is 11.3 Å². The van der Waals surface area contributed by atoms with Gasteiger partial charge < -0.3 is 0 Å². The van der Waals surface area contributed by atoms with Gasteiger partial charge >= 0.3 is 0 Å². The summed E-state index contributed by atoms with van der Waals surface area (Å²) in [5.41, 5.74) is 0.932. The van der Waals surface area contributed by atoms with Crippen LogP contribution in [0.1, 0.15) is 26.3 Å². The maximum absolute atomic E-state index is 12.2. The summed E-state index contributed by atoms with van der Waals surface area (Å²) < 4.78 is 2.46. The highest BCUT2D eigenvalue weighted by atomic mass is 32.2. The van der Waals surface area contributed by atoms with Gasteiger partial charge in [0.2, 0.25) is 0 Å². The van der Waals surface area contributed by atoms with Crippen LogP contribution >= 0.6 is 24.0 Å². The Morgan fingerprint density at radius 1 is 1.56 bits per heavy atom. The average Bonchev–Trinajstić information content (AvgIpc) is 2.85. The van der Waals surface area contributed by atoms with Crippen molar-refractivity contribution < 1.29 is 4.79 Å². The Kier molecular flexibility index (Phi) is 3.87. The fourth-order valence-corrected chi connectivity index (χ4v) is 3.23. The van der Waals surface area contributed by atoms with E-state index < -0.39 is 0 Å². The van der Waals surface area contributed by atoms with Gasteiger partial charge in [0.05, 0.1) is 11.1 Å². The minimum atomic E-state index is -0.00996. The van der Waals surface area contributed by atoms with E-state index in [4.69, 9.17) is 12.2 Å². The maximum Gasteiger partial charge on any atom is 0.266 e. The standard InChI is InChI=1S/C12H15N3OS2/c1-4-14-7-9(6-13-14)5-10-11(16)15(8(2)3)12(17)18-10/h5-8H,4H2,1-3H3. The predicted octanol–water partition coefficient (Wildman–Crippen LogP) is 2.51. The lowest BCUT2D eigenvalue weighted by atomic mass is 10.3. The van der Waals surface area contributed by atoms with Gasteiger partial charge in [-0.05, 0) is 26.8 Å². The number of amides is 1. The summed E-state index contributed by atoms with van der Waals surface area (Å²) in [6.07, 6.45) is 5.52. The molecule has 1 aliphatic heterocycles. The smallest absolute Gasteiger partial charge is 0.266 e. The first kappa shape index (κ1) is 13.3. The second-order valence-corrected chi connectivity index (χ2v) is 5.95. The van der Waals surface area contributed by atoms with E-state index in [9.17, 15) is 4.79 Å². The Morgan fingerprint density at radius 3 is 2.78 bits per heavy atom. The Morgan fingerprint density at radius 2 is 2.28 bits per heavy atom. The van der Waals surface area contributed by atoms with E-state index >= 15 is 0 Å². The van der Waals surface area contributed by atoms with Crippen LogP contribution in [0.25, 0.3) is 6.08 Å². The van der Waals surface area contributed by atoms with E-state index in [2.05, 4.69) is 5.10 Å². The van der Waals surface area contributed by atoms with E-state index in [-0.39, 0.29) is 11.9 Å². The molecule has 1 aliphatic rings. The van der Waals surface area contributed by atoms with Gasteiger partial charge in [0, 0.05) is 24.3 Å². The zero-order chi connectivity index (χ0) is 13.3. The third-order valence-electron chi connectivity index (χ3n) is 2.61. The number of hydrogen-bond donors (Lipinski definition) is 0. The van der Waals surface area contributed by atoms with Crippen LogP contribution < -0.4 is 0 Å². The molecule has 0 saturated carbocycles.